The normalized spacial score (nSPS) is 16.0. The van der Waals surface area contributed by atoms with Crippen LogP contribution in [-0.2, 0) is 12.8 Å². The van der Waals surface area contributed by atoms with Crippen molar-refractivity contribution in [2.75, 3.05) is 20.2 Å². The number of benzene rings is 2. The summed E-state index contributed by atoms with van der Waals surface area (Å²) < 4.78 is 5.40. The zero-order valence-electron chi connectivity index (χ0n) is 19.8. The van der Waals surface area contributed by atoms with E-state index in [1.54, 1.807) is 26.3 Å². The van der Waals surface area contributed by atoms with Gasteiger partial charge >= 0.3 is 0 Å². The van der Waals surface area contributed by atoms with Crippen LogP contribution in [0.4, 0.5) is 5.69 Å². The lowest BCUT2D eigenvalue weighted by Gasteiger charge is -2.25. The number of rotatable bonds is 9. The molecule has 0 radical (unpaired) electrons. The van der Waals surface area contributed by atoms with Gasteiger partial charge in [0.1, 0.15) is 11.8 Å². The number of aromatic nitrogens is 1. The van der Waals surface area contributed by atoms with Crippen LogP contribution in [0.15, 0.2) is 42.6 Å². The Labute approximate surface area is 200 Å². The van der Waals surface area contributed by atoms with Gasteiger partial charge in [0.15, 0.2) is 0 Å². The minimum absolute atomic E-state index is 0.203. The molecule has 1 fully saturated rings. The molecular formula is C27H30N4O3. The van der Waals surface area contributed by atoms with Gasteiger partial charge in [-0.25, -0.2) is 0 Å². The van der Waals surface area contributed by atoms with Crippen LogP contribution in [0, 0.1) is 28.4 Å². The van der Waals surface area contributed by atoms with Crippen LogP contribution < -0.4 is 4.74 Å². The number of fused-ring (bicyclic) bond motifs is 1. The van der Waals surface area contributed by atoms with Crippen molar-refractivity contribution in [2.24, 2.45) is 0 Å². The van der Waals surface area contributed by atoms with E-state index in [4.69, 9.17) is 4.74 Å². The maximum atomic E-state index is 11.2. The Bertz CT molecular complexity index is 1230. The molecule has 176 valence electrons. The first-order valence-electron chi connectivity index (χ1n) is 11.8. The predicted octanol–water partition coefficient (Wildman–Crippen LogP) is 5.36. The van der Waals surface area contributed by atoms with Crippen molar-refractivity contribution in [1.29, 1.82) is 5.26 Å². The molecule has 2 aromatic carbocycles. The van der Waals surface area contributed by atoms with E-state index >= 15 is 0 Å². The van der Waals surface area contributed by atoms with Gasteiger partial charge in [-0.15, -0.1) is 0 Å². The van der Waals surface area contributed by atoms with Gasteiger partial charge in [-0.1, -0.05) is 12.1 Å². The highest BCUT2D eigenvalue weighted by Gasteiger charge is 2.24. The van der Waals surface area contributed by atoms with E-state index in [-0.39, 0.29) is 10.6 Å². The van der Waals surface area contributed by atoms with Crippen molar-refractivity contribution in [3.8, 4) is 11.8 Å². The molecule has 0 saturated carbocycles. The monoisotopic (exact) mass is 458 g/mol. The minimum Gasteiger partial charge on any atom is -0.497 e. The fraction of sp³-hybridized carbons (Fsp3) is 0.407. The zero-order chi connectivity index (χ0) is 24.1. The van der Waals surface area contributed by atoms with E-state index in [1.807, 2.05) is 30.3 Å². The smallest absolute Gasteiger partial charge is 0.272 e. The average molecular weight is 459 g/mol. The number of hydrogen-bond acceptors (Lipinski definition) is 6. The molecule has 0 spiro atoms. The molecule has 1 aliphatic rings. The van der Waals surface area contributed by atoms with Gasteiger partial charge in [0.2, 0.25) is 0 Å². The molecule has 0 aliphatic carbocycles. The van der Waals surface area contributed by atoms with E-state index in [1.165, 1.54) is 12.8 Å². The van der Waals surface area contributed by atoms with Gasteiger partial charge in [0.05, 0.1) is 23.1 Å². The van der Waals surface area contributed by atoms with E-state index in [2.05, 4.69) is 16.0 Å². The molecular weight excluding hydrogens is 428 g/mol. The number of methoxy groups -OCH3 is 1. The third kappa shape index (κ3) is 5.18. The zero-order valence-corrected chi connectivity index (χ0v) is 19.8. The van der Waals surface area contributed by atoms with Crippen LogP contribution >= 0.6 is 0 Å². The number of likely N-dealkylation sites (tertiary alicyclic amines) is 1. The van der Waals surface area contributed by atoms with Crippen molar-refractivity contribution in [3.05, 3.63) is 75.0 Å². The summed E-state index contributed by atoms with van der Waals surface area (Å²) in [5.74, 6) is 0.765. The van der Waals surface area contributed by atoms with Crippen molar-refractivity contribution >= 4 is 16.6 Å². The summed E-state index contributed by atoms with van der Waals surface area (Å²) in [7, 11) is 1.64. The third-order valence-corrected chi connectivity index (χ3v) is 6.93. The summed E-state index contributed by atoms with van der Waals surface area (Å²) in [6.07, 6.45) is 7.72. The van der Waals surface area contributed by atoms with E-state index in [0.717, 1.165) is 66.6 Å². The number of aryl methyl sites for hydroxylation is 2. The molecule has 0 amide bonds. The number of nitro benzene ring substituents is 1. The molecule has 7 nitrogen and oxygen atoms in total. The fourth-order valence-corrected chi connectivity index (χ4v) is 5.04. The first-order valence-corrected chi connectivity index (χ1v) is 11.8. The lowest BCUT2D eigenvalue weighted by atomic mass is 9.99. The Morgan fingerprint density at radius 2 is 2.12 bits per heavy atom. The molecule has 3 aromatic rings. The maximum Gasteiger partial charge on any atom is 0.272 e. The number of nitrogens with zero attached hydrogens (tertiary/aromatic N) is 4. The van der Waals surface area contributed by atoms with Crippen molar-refractivity contribution in [1.82, 2.24) is 9.88 Å². The summed E-state index contributed by atoms with van der Waals surface area (Å²) in [6, 6.07) is 14.2. The molecule has 0 bridgehead atoms. The standard InChI is InChI=1S/C27H30N4O3/c1-19-8-9-20(15-27(19)31(32)33)5-3-6-22-7-4-13-30(22)14-12-24-21(17-28)18-29-26-11-10-23(34-2)16-25(24)26/h8-11,15-16,18,22H,3-7,12-14H2,1-2H3/t22-/m0/s1. The summed E-state index contributed by atoms with van der Waals surface area (Å²) in [5, 5.41) is 21.9. The van der Waals surface area contributed by atoms with E-state index in [9.17, 15) is 15.4 Å². The highest BCUT2D eigenvalue weighted by atomic mass is 16.6. The van der Waals surface area contributed by atoms with Crippen molar-refractivity contribution in [2.45, 2.75) is 51.5 Å². The number of nitro groups is 1. The number of hydrogen-bond donors (Lipinski definition) is 0. The third-order valence-electron chi connectivity index (χ3n) is 6.93. The van der Waals surface area contributed by atoms with Gasteiger partial charge in [-0.05, 0) is 81.3 Å². The molecule has 1 aliphatic heterocycles. The number of ether oxygens (including phenoxy) is 1. The quantitative estimate of drug-likeness (QED) is 0.316. The van der Waals surface area contributed by atoms with E-state index < -0.39 is 0 Å². The van der Waals surface area contributed by atoms with Crippen molar-refractivity contribution in [3.63, 3.8) is 0 Å². The second kappa shape index (κ2) is 10.6. The number of nitriles is 1. The van der Waals surface area contributed by atoms with Gasteiger partial charge in [-0.2, -0.15) is 5.26 Å². The molecule has 0 unspecified atom stereocenters. The molecule has 2 heterocycles. The predicted molar refractivity (Wildman–Crippen MR) is 132 cm³/mol. The Balaban J connectivity index is 1.40. The summed E-state index contributed by atoms with van der Waals surface area (Å²) >= 11 is 0. The second-order valence-electron chi connectivity index (χ2n) is 9.00. The molecule has 1 aromatic heterocycles. The highest BCUT2D eigenvalue weighted by Crippen LogP contribution is 2.28. The van der Waals surface area contributed by atoms with Gasteiger partial charge < -0.3 is 9.64 Å². The van der Waals surface area contributed by atoms with Gasteiger partial charge in [0, 0.05) is 35.8 Å². The van der Waals surface area contributed by atoms with Crippen LogP contribution in [0.25, 0.3) is 10.9 Å². The SMILES string of the molecule is COc1ccc2ncc(C#N)c(CCN3CCC[C@@H]3CCCc3ccc(C)c([N+](=O)[O-])c3)c2c1. The van der Waals surface area contributed by atoms with Crippen molar-refractivity contribution < 1.29 is 9.66 Å². The molecule has 0 N–H and O–H groups in total. The lowest BCUT2D eigenvalue weighted by molar-refractivity contribution is -0.385. The fourth-order valence-electron chi connectivity index (χ4n) is 5.04. The number of pyridine rings is 1. The molecule has 4 rings (SSSR count). The first-order chi connectivity index (χ1) is 16.5. The molecule has 7 heteroatoms. The highest BCUT2D eigenvalue weighted by molar-refractivity contribution is 5.85. The van der Waals surface area contributed by atoms with Gasteiger partial charge in [-0.3, -0.25) is 15.1 Å². The Kier molecular flexibility index (Phi) is 7.39. The Morgan fingerprint density at radius 1 is 1.26 bits per heavy atom. The second-order valence-corrected chi connectivity index (χ2v) is 9.00. The summed E-state index contributed by atoms with van der Waals surface area (Å²) in [6.45, 7) is 3.73. The average Bonchev–Trinajstić information content (AvgIpc) is 3.30. The molecule has 1 atom stereocenters. The first kappa shape index (κ1) is 23.7. The topological polar surface area (TPSA) is 92.3 Å². The van der Waals surface area contributed by atoms with E-state index in [0.29, 0.717) is 17.2 Å². The largest absolute Gasteiger partial charge is 0.497 e. The van der Waals surface area contributed by atoms with Crippen LogP contribution in [0.5, 0.6) is 5.75 Å². The minimum atomic E-state index is -0.300. The van der Waals surface area contributed by atoms with Crippen LogP contribution in [0.3, 0.4) is 0 Å². The Morgan fingerprint density at radius 3 is 2.88 bits per heavy atom. The molecule has 34 heavy (non-hydrogen) atoms. The summed E-state index contributed by atoms with van der Waals surface area (Å²) in [5.41, 5.74) is 4.46. The maximum absolute atomic E-state index is 11.2. The van der Waals surface area contributed by atoms with Crippen LogP contribution in [-0.4, -0.2) is 41.0 Å². The van der Waals surface area contributed by atoms with Gasteiger partial charge in [0.25, 0.3) is 5.69 Å². The Hall–Kier alpha value is -3.50. The summed E-state index contributed by atoms with van der Waals surface area (Å²) in [4.78, 5) is 17.9. The molecule has 1 saturated heterocycles. The lowest BCUT2D eigenvalue weighted by Crippen LogP contribution is -2.31. The van der Waals surface area contributed by atoms with Crippen LogP contribution in [0.2, 0.25) is 0 Å². The van der Waals surface area contributed by atoms with Crippen LogP contribution in [0.1, 0.15) is 47.9 Å².